The molecule has 0 unspecified atom stereocenters. The molecular weight excluding hydrogens is 263 g/mol. The average molecular weight is 276 g/mol. The second-order valence-electron chi connectivity index (χ2n) is 4.00. The van der Waals surface area contributed by atoms with Crippen molar-refractivity contribution in [3.8, 4) is 0 Å². The zero-order valence-electron chi connectivity index (χ0n) is 10.1. The molecule has 2 aromatic carbocycles. The van der Waals surface area contributed by atoms with E-state index in [0.29, 0.717) is 21.9 Å². The van der Waals surface area contributed by atoms with Gasteiger partial charge >= 0.3 is 0 Å². The summed E-state index contributed by atoms with van der Waals surface area (Å²) < 4.78 is 13.6. The quantitative estimate of drug-likeness (QED) is 0.666. The molecule has 3 nitrogen and oxygen atoms in total. The van der Waals surface area contributed by atoms with Crippen LogP contribution in [0.3, 0.4) is 0 Å². The van der Waals surface area contributed by atoms with Crippen LogP contribution in [0.2, 0.25) is 0 Å². The maximum atomic E-state index is 13.6. The molecule has 0 heterocycles. The number of thioether (sulfide) groups is 1. The number of rotatable bonds is 4. The van der Waals surface area contributed by atoms with Crippen LogP contribution in [0.25, 0.3) is 0 Å². The van der Waals surface area contributed by atoms with Gasteiger partial charge in [-0.05, 0) is 29.8 Å². The molecule has 0 aliphatic rings. The first-order chi connectivity index (χ1) is 9.08. The van der Waals surface area contributed by atoms with Crippen molar-refractivity contribution < 1.29 is 9.18 Å². The first-order valence-corrected chi connectivity index (χ1v) is 6.62. The van der Waals surface area contributed by atoms with E-state index in [-0.39, 0.29) is 5.82 Å². The Kier molecular flexibility index (Phi) is 4.06. The van der Waals surface area contributed by atoms with Gasteiger partial charge in [0, 0.05) is 21.9 Å². The Morgan fingerprint density at radius 1 is 1.21 bits per heavy atom. The Labute approximate surface area is 114 Å². The van der Waals surface area contributed by atoms with E-state index in [9.17, 15) is 9.18 Å². The molecule has 98 valence electrons. The zero-order chi connectivity index (χ0) is 13.8. The lowest BCUT2D eigenvalue weighted by atomic mass is 10.1. The molecule has 2 aromatic rings. The Hall–Kier alpha value is -2.01. The molecule has 0 aliphatic carbocycles. The van der Waals surface area contributed by atoms with Gasteiger partial charge in [-0.3, -0.25) is 4.79 Å². The number of carbonyl (C=O) groups excluding carboxylic acids is 1. The lowest BCUT2D eigenvalue weighted by Crippen LogP contribution is -2.13. The standard InChI is InChI=1S/C14H13FN2OS/c15-12-7-10(16)5-6-13(12)19-8-9-3-1-2-4-11(9)14(17)18/h1-7H,8,16H2,(H2,17,18). The molecule has 19 heavy (non-hydrogen) atoms. The van der Waals surface area contributed by atoms with Crippen molar-refractivity contribution in [2.75, 3.05) is 5.73 Å². The second kappa shape index (κ2) is 5.75. The van der Waals surface area contributed by atoms with Crippen molar-refractivity contribution in [3.63, 3.8) is 0 Å². The summed E-state index contributed by atoms with van der Waals surface area (Å²) in [6, 6.07) is 11.6. The average Bonchev–Trinajstić information content (AvgIpc) is 2.38. The van der Waals surface area contributed by atoms with Crippen molar-refractivity contribution in [3.05, 3.63) is 59.4 Å². The molecule has 0 radical (unpaired) electrons. The third-order valence-corrected chi connectivity index (χ3v) is 3.72. The molecule has 0 saturated heterocycles. The van der Waals surface area contributed by atoms with Crippen molar-refractivity contribution in [1.82, 2.24) is 0 Å². The number of benzene rings is 2. The Balaban J connectivity index is 2.17. The number of nitrogens with two attached hydrogens (primary N) is 2. The fourth-order valence-electron chi connectivity index (χ4n) is 1.68. The predicted molar refractivity (Wildman–Crippen MR) is 75.3 cm³/mol. The van der Waals surface area contributed by atoms with Crippen LogP contribution >= 0.6 is 11.8 Å². The van der Waals surface area contributed by atoms with Gasteiger partial charge in [-0.15, -0.1) is 11.8 Å². The molecule has 0 saturated carbocycles. The van der Waals surface area contributed by atoms with Gasteiger partial charge < -0.3 is 11.5 Å². The van der Waals surface area contributed by atoms with Gasteiger partial charge in [0.1, 0.15) is 5.82 Å². The van der Waals surface area contributed by atoms with E-state index >= 15 is 0 Å². The normalized spacial score (nSPS) is 10.4. The topological polar surface area (TPSA) is 69.1 Å². The van der Waals surface area contributed by atoms with Crippen LogP contribution in [0.1, 0.15) is 15.9 Å². The lowest BCUT2D eigenvalue weighted by molar-refractivity contribution is 0.0999. The summed E-state index contributed by atoms with van der Waals surface area (Å²) in [6.07, 6.45) is 0. The SMILES string of the molecule is NC(=O)c1ccccc1CSc1ccc(N)cc1F. The molecule has 1 amide bonds. The Morgan fingerprint density at radius 2 is 1.95 bits per heavy atom. The molecule has 0 aliphatic heterocycles. The minimum absolute atomic E-state index is 0.360. The van der Waals surface area contributed by atoms with Gasteiger partial charge in [0.2, 0.25) is 5.91 Å². The van der Waals surface area contributed by atoms with E-state index in [1.54, 1.807) is 24.3 Å². The summed E-state index contributed by atoms with van der Waals surface area (Å²) >= 11 is 1.30. The zero-order valence-corrected chi connectivity index (χ0v) is 10.9. The van der Waals surface area contributed by atoms with Crippen molar-refractivity contribution >= 4 is 23.4 Å². The summed E-state index contributed by atoms with van der Waals surface area (Å²) in [7, 11) is 0. The maximum absolute atomic E-state index is 13.6. The van der Waals surface area contributed by atoms with Crippen LogP contribution in [0.15, 0.2) is 47.4 Å². The first kappa shape index (κ1) is 13.4. The van der Waals surface area contributed by atoms with Gasteiger partial charge in [0.15, 0.2) is 0 Å². The van der Waals surface area contributed by atoms with Gasteiger partial charge in [-0.2, -0.15) is 0 Å². The third kappa shape index (κ3) is 3.26. The summed E-state index contributed by atoms with van der Waals surface area (Å²) in [5.41, 5.74) is 12.4. The Bertz CT molecular complexity index is 616. The van der Waals surface area contributed by atoms with E-state index in [0.717, 1.165) is 5.56 Å². The number of hydrogen-bond donors (Lipinski definition) is 2. The van der Waals surface area contributed by atoms with E-state index in [1.807, 2.05) is 12.1 Å². The number of hydrogen-bond acceptors (Lipinski definition) is 3. The van der Waals surface area contributed by atoms with E-state index in [4.69, 9.17) is 11.5 Å². The minimum Gasteiger partial charge on any atom is -0.399 e. The van der Waals surface area contributed by atoms with Gasteiger partial charge in [-0.25, -0.2) is 4.39 Å². The van der Waals surface area contributed by atoms with Crippen molar-refractivity contribution in [1.29, 1.82) is 0 Å². The smallest absolute Gasteiger partial charge is 0.249 e. The predicted octanol–water partition coefficient (Wildman–Crippen LogP) is 2.80. The van der Waals surface area contributed by atoms with E-state index in [2.05, 4.69) is 0 Å². The van der Waals surface area contributed by atoms with Crippen LogP contribution < -0.4 is 11.5 Å². The largest absolute Gasteiger partial charge is 0.399 e. The molecule has 5 heteroatoms. The number of halogens is 1. The van der Waals surface area contributed by atoms with Crippen LogP contribution in [-0.4, -0.2) is 5.91 Å². The fraction of sp³-hybridized carbons (Fsp3) is 0.0714. The number of amides is 1. The maximum Gasteiger partial charge on any atom is 0.249 e. The minimum atomic E-state index is -0.478. The van der Waals surface area contributed by atoms with Crippen LogP contribution in [0.5, 0.6) is 0 Å². The molecule has 4 N–H and O–H groups in total. The Morgan fingerprint density at radius 3 is 2.63 bits per heavy atom. The molecule has 2 rings (SSSR count). The highest BCUT2D eigenvalue weighted by Crippen LogP contribution is 2.27. The summed E-state index contributed by atoms with van der Waals surface area (Å²) in [5.74, 6) is -0.365. The van der Waals surface area contributed by atoms with Crippen LogP contribution in [0.4, 0.5) is 10.1 Å². The monoisotopic (exact) mass is 276 g/mol. The number of primary amides is 1. The highest BCUT2D eigenvalue weighted by Gasteiger charge is 2.09. The van der Waals surface area contributed by atoms with Crippen LogP contribution in [0, 0.1) is 5.82 Å². The lowest BCUT2D eigenvalue weighted by Gasteiger charge is -2.07. The van der Waals surface area contributed by atoms with E-state index < -0.39 is 5.91 Å². The van der Waals surface area contributed by atoms with Gasteiger partial charge in [0.05, 0.1) is 0 Å². The first-order valence-electron chi connectivity index (χ1n) is 5.63. The van der Waals surface area contributed by atoms with Crippen molar-refractivity contribution in [2.24, 2.45) is 5.73 Å². The third-order valence-electron chi connectivity index (χ3n) is 2.62. The molecule has 0 aromatic heterocycles. The van der Waals surface area contributed by atoms with Crippen LogP contribution in [-0.2, 0) is 5.75 Å². The van der Waals surface area contributed by atoms with Gasteiger partial charge in [-0.1, -0.05) is 18.2 Å². The highest BCUT2D eigenvalue weighted by molar-refractivity contribution is 7.98. The molecule has 0 fully saturated rings. The number of carbonyl (C=O) groups is 1. The highest BCUT2D eigenvalue weighted by atomic mass is 32.2. The molecule has 0 atom stereocenters. The second-order valence-corrected chi connectivity index (χ2v) is 5.02. The summed E-state index contributed by atoms with van der Waals surface area (Å²) in [5, 5.41) is 0. The van der Waals surface area contributed by atoms with E-state index in [1.165, 1.54) is 17.8 Å². The molecule has 0 spiro atoms. The fourth-order valence-corrected chi connectivity index (χ4v) is 2.60. The van der Waals surface area contributed by atoms with Crippen molar-refractivity contribution in [2.45, 2.75) is 10.6 Å². The summed E-state index contributed by atoms with van der Waals surface area (Å²) in [6.45, 7) is 0. The van der Waals surface area contributed by atoms with Gasteiger partial charge in [0.25, 0.3) is 0 Å². The molecular formula is C14H13FN2OS. The number of nitrogen functional groups attached to an aromatic ring is 1. The summed E-state index contributed by atoms with van der Waals surface area (Å²) in [4.78, 5) is 11.8. The molecule has 0 bridgehead atoms. The number of anilines is 1.